The van der Waals surface area contributed by atoms with E-state index in [4.69, 9.17) is 30.5 Å². The molecule has 3 aromatic heterocycles. The Kier molecular flexibility index (Phi) is 6.91. The van der Waals surface area contributed by atoms with Gasteiger partial charge in [-0.1, -0.05) is 11.6 Å². The minimum absolute atomic E-state index is 0.0388. The van der Waals surface area contributed by atoms with Gasteiger partial charge in [-0.05, 0) is 19.1 Å². The Morgan fingerprint density at radius 3 is 2.79 bits per heavy atom. The number of carbonyl (C=O) groups excluding carboxylic acids is 1. The van der Waals surface area contributed by atoms with Crippen LogP contribution in [0.1, 0.15) is 6.92 Å². The summed E-state index contributed by atoms with van der Waals surface area (Å²) < 4.78 is 22.7. The van der Waals surface area contributed by atoms with Crippen LogP contribution in [0, 0.1) is 0 Å². The molecule has 0 saturated heterocycles. The Hall–Kier alpha value is -2.82. The Balaban J connectivity index is 1.88. The molecule has 0 bridgehead atoms. The Labute approximate surface area is 171 Å². The number of ether oxygens (including phenoxy) is 4. The van der Waals surface area contributed by atoms with Gasteiger partial charge in [0, 0.05) is 13.3 Å². The summed E-state index contributed by atoms with van der Waals surface area (Å²) in [6.45, 7) is 2.16. The molecule has 154 valence electrons. The van der Waals surface area contributed by atoms with Gasteiger partial charge in [0.2, 0.25) is 12.0 Å². The second kappa shape index (κ2) is 9.59. The zero-order valence-electron chi connectivity index (χ0n) is 16.1. The van der Waals surface area contributed by atoms with Gasteiger partial charge in [-0.15, -0.1) is 0 Å². The molecular weight excluding hydrogens is 402 g/mol. The first kappa shape index (κ1) is 20.9. The van der Waals surface area contributed by atoms with E-state index in [0.29, 0.717) is 28.5 Å². The molecule has 3 aromatic rings. The number of hydrogen-bond donors (Lipinski definition) is 0. The Morgan fingerprint density at radius 2 is 2.07 bits per heavy atom. The summed E-state index contributed by atoms with van der Waals surface area (Å²) in [7, 11) is 2.84. The topological polar surface area (TPSA) is 110 Å². The van der Waals surface area contributed by atoms with Crippen molar-refractivity contribution in [1.29, 1.82) is 0 Å². The van der Waals surface area contributed by atoms with E-state index in [-0.39, 0.29) is 18.6 Å². The van der Waals surface area contributed by atoms with Gasteiger partial charge >= 0.3 is 5.97 Å². The number of halogens is 1. The lowest BCUT2D eigenvalue weighted by Gasteiger charge is -2.19. The maximum absolute atomic E-state index is 12.1. The molecule has 0 fully saturated rings. The van der Waals surface area contributed by atoms with Crippen LogP contribution in [0.25, 0.3) is 16.9 Å². The number of pyridine rings is 1. The second-order valence-electron chi connectivity index (χ2n) is 6.01. The van der Waals surface area contributed by atoms with Crippen LogP contribution in [0.15, 0.2) is 30.9 Å². The molecule has 0 aliphatic carbocycles. The number of fused-ring (bicyclic) bond motifs is 1. The largest absolute Gasteiger partial charge is 0.466 e. The normalized spacial score (nSPS) is 13.2. The maximum atomic E-state index is 12.1. The fourth-order valence-corrected chi connectivity index (χ4v) is 2.76. The van der Waals surface area contributed by atoms with E-state index in [1.165, 1.54) is 24.3 Å². The van der Waals surface area contributed by atoms with Gasteiger partial charge in [-0.3, -0.25) is 0 Å². The lowest BCUT2D eigenvalue weighted by molar-refractivity contribution is -0.153. The van der Waals surface area contributed by atoms with Crippen LogP contribution in [-0.4, -0.2) is 70.3 Å². The second-order valence-corrected chi connectivity index (χ2v) is 6.42. The fourth-order valence-electron chi connectivity index (χ4n) is 2.56. The maximum Gasteiger partial charge on any atom is 0.349 e. The third kappa shape index (κ3) is 4.78. The summed E-state index contributed by atoms with van der Waals surface area (Å²) in [6, 6.07) is 3.41. The van der Waals surface area contributed by atoms with Crippen LogP contribution in [-0.2, 0) is 19.0 Å². The van der Waals surface area contributed by atoms with Gasteiger partial charge in [-0.2, -0.15) is 9.78 Å². The van der Waals surface area contributed by atoms with E-state index in [0.717, 1.165) is 0 Å². The molecule has 0 aliphatic rings. The van der Waals surface area contributed by atoms with Crippen LogP contribution in [0.3, 0.4) is 0 Å². The van der Waals surface area contributed by atoms with E-state index in [9.17, 15) is 4.79 Å². The van der Waals surface area contributed by atoms with Gasteiger partial charge in [0.15, 0.2) is 11.5 Å². The molecule has 11 heteroatoms. The molecule has 0 aliphatic heterocycles. The van der Waals surface area contributed by atoms with Crippen LogP contribution >= 0.6 is 11.6 Å². The summed E-state index contributed by atoms with van der Waals surface area (Å²) >= 11 is 6.21. The smallest absolute Gasteiger partial charge is 0.349 e. The van der Waals surface area contributed by atoms with Crippen molar-refractivity contribution in [2.45, 2.75) is 19.1 Å². The highest BCUT2D eigenvalue weighted by atomic mass is 35.5. The molecule has 3 rings (SSSR count). The molecule has 0 amide bonds. The first-order chi connectivity index (χ1) is 14.0. The van der Waals surface area contributed by atoms with Crippen molar-refractivity contribution in [3.63, 3.8) is 0 Å². The molecule has 3 heterocycles. The quantitative estimate of drug-likeness (QED) is 0.477. The molecule has 0 saturated carbocycles. The number of esters is 1. The molecular formula is C18H20ClN5O5. The molecule has 10 nitrogen and oxygen atoms in total. The summed E-state index contributed by atoms with van der Waals surface area (Å²) in [6.07, 6.45) is 3.15. The minimum Gasteiger partial charge on any atom is -0.466 e. The summed E-state index contributed by atoms with van der Waals surface area (Å²) in [5.74, 6) is -0.0247. The van der Waals surface area contributed by atoms with Crippen molar-refractivity contribution in [1.82, 2.24) is 24.7 Å². The highest BCUT2D eigenvalue weighted by molar-refractivity contribution is 6.32. The van der Waals surface area contributed by atoms with Crippen molar-refractivity contribution >= 4 is 28.6 Å². The third-order valence-electron chi connectivity index (χ3n) is 3.92. The molecule has 29 heavy (non-hydrogen) atoms. The van der Waals surface area contributed by atoms with Crippen molar-refractivity contribution in [3.05, 3.63) is 35.9 Å². The van der Waals surface area contributed by atoms with E-state index in [1.807, 2.05) is 6.92 Å². The lowest BCUT2D eigenvalue weighted by Crippen LogP contribution is -2.35. The zero-order chi connectivity index (χ0) is 20.8. The van der Waals surface area contributed by atoms with Crippen LogP contribution in [0.5, 0.6) is 5.88 Å². The van der Waals surface area contributed by atoms with E-state index >= 15 is 0 Å². The van der Waals surface area contributed by atoms with Crippen molar-refractivity contribution in [2.24, 2.45) is 0 Å². The number of nitrogens with zero attached hydrogens (tertiary/aromatic N) is 5. The molecule has 0 N–H and O–H groups in total. The predicted molar refractivity (Wildman–Crippen MR) is 103 cm³/mol. The summed E-state index contributed by atoms with van der Waals surface area (Å²) in [4.78, 5) is 24.7. The average molecular weight is 422 g/mol. The monoisotopic (exact) mass is 421 g/mol. The van der Waals surface area contributed by atoms with Crippen molar-refractivity contribution < 1.29 is 23.7 Å². The van der Waals surface area contributed by atoms with Gasteiger partial charge in [-0.25, -0.2) is 19.7 Å². The highest BCUT2D eigenvalue weighted by Crippen LogP contribution is 2.26. The number of carbonyl (C=O) groups is 1. The van der Waals surface area contributed by atoms with Gasteiger partial charge in [0.1, 0.15) is 11.7 Å². The van der Waals surface area contributed by atoms with E-state index in [1.54, 1.807) is 25.4 Å². The Bertz CT molecular complexity index is 982. The SMILES string of the molecule is COC[C@@H](C)OCC(Oc1ncnc2c1cnn2-c1ncccc1Cl)C(=O)OC. The number of methoxy groups -OCH3 is 2. The zero-order valence-corrected chi connectivity index (χ0v) is 16.9. The number of aromatic nitrogens is 5. The van der Waals surface area contributed by atoms with Crippen LogP contribution in [0.2, 0.25) is 5.02 Å². The molecule has 0 radical (unpaired) electrons. The lowest BCUT2D eigenvalue weighted by atomic mass is 10.3. The minimum atomic E-state index is -1.03. The standard InChI is InChI=1S/C18H20ClN5O5/c1-11(8-26-2)28-9-14(18(25)27-3)29-17-12-7-23-24(15(12)21-10-22-17)16-13(19)5-4-6-20-16/h4-7,10-11,14H,8-9H2,1-3H3/t11-,14?/m1/s1. The molecule has 2 atom stereocenters. The summed E-state index contributed by atoms with van der Waals surface area (Å²) in [5.41, 5.74) is 0.424. The summed E-state index contributed by atoms with van der Waals surface area (Å²) in [5, 5.41) is 5.17. The van der Waals surface area contributed by atoms with Gasteiger partial charge in [0.25, 0.3) is 0 Å². The van der Waals surface area contributed by atoms with E-state index < -0.39 is 12.1 Å². The van der Waals surface area contributed by atoms with Crippen LogP contribution < -0.4 is 4.74 Å². The average Bonchev–Trinajstić information content (AvgIpc) is 3.16. The molecule has 1 unspecified atom stereocenters. The fraction of sp³-hybridized carbons (Fsp3) is 0.389. The third-order valence-corrected chi connectivity index (χ3v) is 4.22. The van der Waals surface area contributed by atoms with Gasteiger partial charge in [0.05, 0.1) is 37.6 Å². The van der Waals surface area contributed by atoms with Gasteiger partial charge < -0.3 is 18.9 Å². The van der Waals surface area contributed by atoms with Crippen molar-refractivity contribution in [2.75, 3.05) is 27.4 Å². The van der Waals surface area contributed by atoms with Crippen molar-refractivity contribution in [3.8, 4) is 11.7 Å². The number of rotatable bonds is 9. The molecule has 0 aromatic carbocycles. The molecule has 0 spiro atoms. The Morgan fingerprint density at radius 1 is 1.24 bits per heavy atom. The first-order valence-electron chi connectivity index (χ1n) is 8.69. The number of hydrogen-bond acceptors (Lipinski definition) is 9. The highest BCUT2D eigenvalue weighted by Gasteiger charge is 2.25. The first-order valence-corrected chi connectivity index (χ1v) is 9.07. The van der Waals surface area contributed by atoms with E-state index in [2.05, 4.69) is 20.1 Å². The van der Waals surface area contributed by atoms with Crippen LogP contribution in [0.4, 0.5) is 0 Å². The predicted octanol–water partition coefficient (Wildman–Crippen LogP) is 1.84.